The second-order valence-corrected chi connectivity index (χ2v) is 4.78. The molecule has 0 radical (unpaired) electrons. The van der Waals surface area contributed by atoms with Crippen LogP contribution in [0.4, 0.5) is 11.4 Å². The Morgan fingerprint density at radius 1 is 1.53 bits per heavy atom. The van der Waals surface area contributed by atoms with Crippen molar-refractivity contribution in [2.75, 3.05) is 24.2 Å². The number of benzene rings is 1. The van der Waals surface area contributed by atoms with E-state index in [9.17, 15) is 4.79 Å². The zero-order chi connectivity index (χ0) is 13.8. The third-order valence-corrected chi connectivity index (χ3v) is 3.34. The molecule has 5 heteroatoms. The lowest BCUT2D eigenvalue weighted by Gasteiger charge is -2.20. The molecule has 1 aromatic rings. The largest absolute Gasteiger partial charge is 0.399 e. The van der Waals surface area contributed by atoms with Crippen LogP contribution < -0.4 is 16.4 Å². The molecule has 1 amide bonds. The summed E-state index contributed by atoms with van der Waals surface area (Å²) in [5, 5.41) is 6.18. The minimum atomic E-state index is -0.0865. The maximum absolute atomic E-state index is 12.0. The van der Waals surface area contributed by atoms with Gasteiger partial charge >= 0.3 is 0 Å². The van der Waals surface area contributed by atoms with Gasteiger partial charge in [0.25, 0.3) is 5.91 Å². The van der Waals surface area contributed by atoms with E-state index >= 15 is 0 Å². The van der Waals surface area contributed by atoms with E-state index in [1.54, 1.807) is 18.2 Å². The number of rotatable bonds is 4. The summed E-state index contributed by atoms with van der Waals surface area (Å²) in [6, 6.07) is 5.51. The Labute approximate surface area is 113 Å². The first-order chi connectivity index (χ1) is 9.11. The minimum Gasteiger partial charge on any atom is -0.399 e. The van der Waals surface area contributed by atoms with Crippen LogP contribution in [0.15, 0.2) is 18.2 Å². The highest BCUT2D eigenvalue weighted by atomic mass is 16.5. The number of ether oxygens (including phenoxy) is 1. The van der Waals surface area contributed by atoms with Gasteiger partial charge in [0.2, 0.25) is 0 Å². The second-order valence-electron chi connectivity index (χ2n) is 4.78. The lowest BCUT2D eigenvalue weighted by Crippen LogP contribution is -2.29. The maximum Gasteiger partial charge on any atom is 0.253 e. The average Bonchev–Trinajstić information content (AvgIpc) is 2.75. The van der Waals surface area contributed by atoms with Crippen molar-refractivity contribution in [3.63, 3.8) is 0 Å². The van der Waals surface area contributed by atoms with Crippen molar-refractivity contribution in [1.82, 2.24) is 5.32 Å². The van der Waals surface area contributed by atoms with Gasteiger partial charge in [0.05, 0.1) is 17.7 Å². The third-order valence-electron chi connectivity index (χ3n) is 3.34. The van der Waals surface area contributed by atoms with Gasteiger partial charge in [-0.15, -0.1) is 0 Å². The molecule has 104 valence electrons. The molecule has 2 rings (SSSR count). The standard InChI is InChI=1S/C14H21N3O2/c1-3-16-14(18)11-5-4-10(15)8-13(11)17-12-6-7-19-9(12)2/h4-5,8-9,12,17H,3,6-7,15H2,1-2H3,(H,16,18). The van der Waals surface area contributed by atoms with Crippen LogP contribution >= 0.6 is 0 Å². The first-order valence-electron chi connectivity index (χ1n) is 6.67. The van der Waals surface area contributed by atoms with Gasteiger partial charge in [-0.1, -0.05) is 0 Å². The quantitative estimate of drug-likeness (QED) is 0.721. The number of nitrogens with two attached hydrogens (primary N) is 1. The number of nitrogen functional groups attached to an aromatic ring is 1. The fourth-order valence-electron chi connectivity index (χ4n) is 2.26. The van der Waals surface area contributed by atoms with Crippen molar-refractivity contribution >= 4 is 17.3 Å². The molecular weight excluding hydrogens is 242 g/mol. The maximum atomic E-state index is 12.0. The predicted molar refractivity (Wildman–Crippen MR) is 76.3 cm³/mol. The second kappa shape index (κ2) is 5.93. The smallest absolute Gasteiger partial charge is 0.253 e. The van der Waals surface area contributed by atoms with E-state index in [1.807, 2.05) is 13.8 Å². The zero-order valence-electron chi connectivity index (χ0n) is 11.4. The Morgan fingerprint density at radius 3 is 2.95 bits per heavy atom. The van der Waals surface area contributed by atoms with Crippen molar-refractivity contribution in [1.29, 1.82) is 0 Å². The highest BCUT2D eigenvalue weighted by Gasteiger charge is 2.25. The molecule has 0 saturated carbocycles. The molecule has 0 bridgehead atoms. The third kappa shape index (κ3) is 3.17. The van der Waals surface area contributed by atoms with Crippen LogP contribution in [0.2, 0.25) is 0 Å². The predicted octanol–water partition coefficient (Wildman–Crippen LogP) is 1.61. The van der Waals surface area contributed by atoms with Crippen LogP contribution in [0.3, 0.4) is 0 Å². The summed E-state index contributed by atoms with van der Waals surface area (Å²) < 4.78 is 5.52. The average molecular weight is 263 g/mol. The molecule has 4 N–H and O–H groups in total. The molecule has 1 saturated heterocycles. The summed E-state index contributed by atoms with van der Waals surface area (Å²) in [6.45, 7) is 5.28. The summed E-state index contributed by atoms with van der Waals surface area (Å²) in [5.41, 5.74) is 7.84. The van der Waals surface area contributed by atoms with Crippen LogP contribution in [0.25, 0.3) is 0 Å². The van der Waals surface area contributed by atoms with Crippen LogP contribution in [-0.4, -0.2) is 31.2 Å². The van der Waals surface area contributed by atoms with Crippen molar-refractivity contribution < 1.29 is 9.53 Å². The van der Waals surface area contributed by atoms with Gasteiger partial charge in [-0.25, -0.2) is 0 Å². The van der Waals surface area contributed by atoms with Crippen LogP contribution in [-0.2, 0) is 4.74 Å². The van der Waals surface area contributed by atoms with Crippen LogP contribution in [0.1, 0.15) is 30.6 Å². The lowest BCUT2D eigenvalue weighted by molar-refractivity contribution is 0.0956. The van der Waals surface area contributed by atoms with Gasteiger partial charge in [0.1, 0.15) is 0 Å². The Hall–Kier alpha value is -1.75. The first kappa shape index (κ1) is 13.7. The molecular formula is C14H21N3O2. The number of carbonyl (C=O) groups excluding carboxylic acids is 1. The molecule has 1 aliphatic rings. The molecule has 0 aromatic heterocycles. The van der Waals surface area contributed by atoms with E-state index in [0.29, 0.717) is 17.8 Å². The summed E-state index contributed by atoms with van der Waals surface area (Å²) in [7, 11) is 0. The minimum absolute atomic E-state index is 0.0865. The van der Waals surface area contributed by atoms with E-state index in [-0.39, 0.29) is 18.1 Å². The molecule has 0 spiro atoms. The number of hydrogen-bond acceptors (Lipinski definition) is 4. The molecule has 1 aliphatic heterocycles. The normalized spacial score (nSPS) is 22.2. The summed E-state index contributed by atoms with van der Waals surface area (Å²) in [5.74, 6) is -0.0865. The van der Waals surface area contributed by atoms with E-state index in [2.05, 4.69) is 10.6 Å². The summed E-state index contributed by atoms with van der Waals surface area (Å²) in [6.07, 6.45) is 1.08. The van der Waals surface area contributed by atoms with Gasteiger partial charge in [-0.3, -0.25) is 4.79 Å². The topological polar surface area (TPSA) is 76.4 Å². The van der Waals surface area contributed by atoms with E-state index in [4.69, 9.17) is 10.5 Å². The summed E-state index contributed by atoms with van der Waals surface area (Å²) in [4.78, 5) is 12.0. The Bertz CT molecular complexity index is 462. The Balaban J connectivity index is 2.21. The molecule has 19 heavy (non-hydrogen) atoms. The highest BCUT2D eigenvalue weighted by molar-refractivity contribution is 6.00. The Kier molecular flexibility index (Phi) is 4.27. The molecule has 2 unspecified atom stereocenters. The van der Waals surface area contributed by atoms with Gasteiger partial charge in [0, 0.05) is 24.5 Å². The molecule has 5 nitrogen and oxygen atoms in total. The van der Waals surface area contributed by atoms with Crippen LogP contribution in [0.5, 0.6) is 0 Å². The Morgan fingerprint density at radius 2 is 2.32 bits per heavy atom. The number of hydrogen-bond donors (Lipinski definition) is 3. The zero-order valence-corrected chi connectivity index (χ0v) is 11.4. The van der Waals surface area contributed by atoms with Gasteiger partial charge in [-0.05, 0) is 38.5 Å². The SMILES string of the molecule is CCNC(=O)c1ccc(N)cc1NC1CCOC1C. The van der Waals surface area contributed by atoms with E-state index in [0.717, 1.165) is 18.7 Å². The van der Waals surface area contributed by atoms with Crippen molar-refractivity contribution in [2.45, 2.75) is 32.4 Å². The summed E-state index contributed by atoms with van der Waals surface area (Å²) >= 11 is 0. The number of nitrogens with one attached hydrogen (secondary N) is 2. The van der Waals surface area contributed by atoms with Gasteiger partial charge in [0.15, 0.2) is 0 Å². The molecule has 2 atom stereocenters. The molecule has 1 aromatic carbocycles. The molecule has 1 heterocycles. The van der Waals surface area contributed by atoms with Crippen LogP contribution in [0, 0.1) is 0 Å². The van der Waals surface area contributed by atoms with E-state index in [1.165, 1.54) is 0 Å². The van der Waals surface area contributed by atoms with Crippen molar-refractivity contribution in [3.05, 3.63) is 23.8 Å². The monoisotopic (exact) mass is 263 g/mol. The number of carbonyl (C=O) groups is 1. The number of amides is 1. The van der Waals surface area contributed by atoms with Gasteiger partial charge in [-0.2, -0.15) is 0 Å². The van der Waals surface area contributed by atoms with Gasteiger partial charge < -0.3 is 21.1 Å². The van der Waals surface area contributed by atoms with E-state index < -0.39 is 0 Å². The highest BCUT2D eigenvalue weighted by Crippen LogP contribution is 2.24. The fourth-order valence-corrected chi connectivity index (χ4v) is 2.26. The lowest BCUT2D eigenvalue weighted by atomic mass is 10.1. The van der Waals surface area contributed by atoms with Crippen molar-refractivity contribution in [2.24, 2.45) is 0 Å². The molecule has 0 aliphatic carbocycles. The first-order valence-corrected chi connectivity index (χ1v) is 6.67. The van der Waals surface area contributed by atoms with Crippen molar-refractivity contribution in [3.8, 4) is 0 Å². The molecule has 1 fully saturated rings. The fraction of sp³-hybridized carbons (Fsp3) is 0.500. The number of anilines is 2.